The van der Waals surface area contributed by atoms with Crippen LogP contribution in [0.25, 0.3) is 11.3 Å². The van der Waals surface area contributed by atoms with Crippen molar-refractivity contribution in [3.05, 3.63) is 70.9 Å². The molecule has 1 aliphatic heterocycles. The lowest BCUT2D eigenvalue weighted by molar-refractivity contribution is 0.0693. The molecular weight excluding hydrogens is 364 g/mol. The van der Waals surface area contributed by atoms with Gasteiger partial charge >= 0.3 is 0 Å². The molecule has 0 radical (unpaired) electrons. The standard InChI is InChI=1S/C21H19ClN2O3/c1-26-17-10-6-14(7-11-17)18-13-20(27-23-18)21(25)24-12-2-3-19(24)15-4-8-16(22)9-5-15/h4-11,13,19H,2-3,12H2,1H3/t19-/m1/s1. The highest BCUT2D eigenvalue weighted by Crippen LogP contribution is 2.34. The second-order valence-electron chi connectivity index (χ2n) is 6.51. The summed E-state index contributed by atoms with van der Waals surface area (Å²) in [5.41, 5.74) is 2.58. The predicted octanol–water partition coefficient (Wildman–Crippen LogP) is 4.98. The van der Waals surface area contributed by atoms with Gasteiger partial charge in [0.1, 0.15) is 11.4 Å². The van der Waals surface area contributed by atoms with Gasteiger partial charge in [0.25, 0.3) is 5.91 Å². The lowest BCUT2D eigenvalue weighted by atomic mass is 10.0. The Labute approximate surface area is 162 Å². The molecule has 2 heterocycles. The van der Waals surface area contributed by atoms with Gasteiger partial charge in [0.05, 0.1) is 13.2 Å². The molecule has 1 amide bonds. The lowest BCUT2D eigenvalue weighted by Gasteiger charge is -2.24. The van der Waals surface area contributed by atoms with Crippen LogP contribution in [0.3, 0.4) is 0 Å². The molecule has 138 valence electrons. The Kier molecular flexibility index (Phi) is 4.86. The van der Waals surface area contributed by atoms with E-state index in [1.807, 2.05) is 53.4 Å². The van der Waals surface area contributed by atoms with Crippen molar-refractivity contribution >= 4 is 17.5 Å². The second kappa shape index (κ2) is 7.45. The van der Waals surface area contributed by atoms with Crippen molar-refractivity contribution in [3.63, 3.8) is 0 Å². The van der Waals surface area contributed by atoms with Crippen molar-refractivity contribution in [2.24, 2.45) is 0 Å². The molecule has 2 aromatic carbocycles. The fourth-order valence-corrected chi connectivity index (χ4v) is 3.58. The summed E-state index contributed by atoms with van der Waals surface area (Å²) in [7, 11) is 1.62. The molecule has 0 saturated carbocycles. The summed E-state index contributed by atoms with van der Waals surface area (Å²) in [5, 5.41) is 4.75. The van der Waals surface area contributed by atoms with Gasteiger partial charge in [-0.2, -0.15) is 0 Å². The molecule has 1 aliphatic rings. The Morgan fingerprint density at radius 2 is 1.93 bits per heavy atom. The number of benzene rings is 2. The van der Waals surface area contributed by atoms with Crippen LogP contribution >= 0.6 is 11.6 Å². The molecular formula is C21H19ClN2O3. The molecule has 0 aliphatic carbocycles. The van der Waals surface area contributed by atoms with Crippen molar-refractivity contribution in [3.8, 4) is 17.0 Å². The third kappa shape index (κ3) is 3.55. The third-order valence-corrected chi connectivity index (χ3v) is 5.13. The van der Waals surface area contributed by atoms with E-state index in [9.17, 15) is 4.79 Å². The molecule has 0 N–H and O–H groups in total. The monoisotopic (exact) mass is 382 g/mol. The number of hydrogen-bond acceptors (Lipinski definition) is 4. The van der Waals surface area contributed by atoms with Gasteiger partial charge in [-0.25, -0.2) is 0 Å². The normalized spacial score (nSPS) is 16.5. The largest absolute Gasteiger partial charge is 0.497 e. The number of carbonyl (C=O) groups is 1. The number of ether oxygens (including phenoxy) is 1. The average molecular weight is 383 g/mol. The highest BCUT2D eigenvalue weighted by atomic mass is 35.5. The quantitative estimate of drug-likeness (QED) is 0.638. The number of likely N-dealkylation sites (tertiary alicyclic amines) is 1. The van der Waals surface area contributed by atoms with Crippen LogP contribution in [0.5, 0.6) is 5.75 Å². The Bertz CT molecular complexity index is 935. The number of carbonyl (C=O) groups excluding carboxylic acids is 1. The molecule has 5 nitrogen and oxygen atoms in total. The average Bonchev–Trinajstić information content (AvgIpc) is 3.38. The summed E-state index contributed by atoms with van der Waals surface area (Å²) in [4.78, 5) is 14.8. The fraction of sp³-hybridized carbons (Fsp3) is 0.238. The van der Waals surface area contributed by atoms with Gasteiger partial charge in [0, 0.05) is 23.2 Å². The van der Waals surface area contributed by atoms with Crippen molar-refractivity contribution in [2.75, 3.05) is 13.7 Å². The van der Waals surface area contributed by atoms with Crippen molar-refractivity contribution in [2.45, 2.75) is 18.9 Å². The Balaban J connectivity index is 1.55. The maximum Gasteiger partial charge on any atom is 0.292 e. The van der Waals surface area contributed by atoms with Gasteiger partial charge < -0.3 is 14.2 Å². The maximum atomic E-state index is 13.0. The predicted molar refractivity (Wildman–Crippen MR) is 103 cm³/mol. The van der Waals surface area contributed by atoms with Crippen LogP contribution < -0.4 is 4.74 Å². The Morgan fingerprint density at radius 1 is 1.19 bits per heavy atom. The first kappa shape index (κ1) is 17.6. The number of aromatic nitrogens is 1. The smallest absolute Gasteiger partial charge is 0.292 e. The SMILES string of the molecule is COc1ccc(-c2cc(C(=O)N3CCC[C@@H]3c3ccc(Cl)cc3)on2)cc1. The minimum absolute atomic E-state index is 0.0318. The number of halogens is 1. The highest BCUT2D eigenvalue weighted by molar-refractivity contribution is 6.30. The minimum atomic E-state index is -0.139. The van der Waals surface area contributed by atoms with Crippen LogP contribution in [-0.2, 0) is 0 Å². The van der Waals surface area contributed by atoms with E-state index in [2.05, 4.69) is 5.16 Å². The molecule has 1 fully saturated rings. The summed E-state index contributed by atoms with van der Waals surface area (Å²) in [6.45, 7) is 0.699. The molecule has 1 aromatic heterocycles. The first-order chi connectivity index (χ1) is 13.2. The molecule has 4 rings (SSSR count). The number of hydrogen-bond donors (Lipinski definition) is 0. The van der Waals surface area contributed by atoms with Crippen molar-refractivity contribution in [1.82, 2.24) is 10.1 Å². The zero-order chi connectivity index (χ0) is 18.8. The number of methoxy groups -OCH3 is 1. The Hall–Kier alpha value is -2.79. The third-order valence-electron chi connectivity index (χ3n) is 4.88. The summed E-state index contributed by atoms with van der Waals surface area (Å²) < 4.78 is 10.5. The van der Waals surface area contributed by atoms with E-state index in [1.165, 1.54) is 0 Å². The molecule has 1 atom stereocenters. The van der Waals surface area contributed by atoms with Crippen LogP contribution in [0.15, 0.2) is 59.1 Å². The topological polar surface area (TPSA) is 55.6 Å². The summed E-state index contributed by atoms with van der Waals surface area (Å²) >= 11 is 5.98. The summed E-state index contributed by atoms with van der Waals surface area (Å²) in [6.07, 6.45) is 1.88. The first-order valence-electron chi connectivity index (χ1n) is 8.83. The summed E-state index contributed by atoms with van der Waals surface area (Å²) in [6, 6.07) is 16.9. The van der Waals surface area contributed by atoms with E-state index in [0.29, 0.717) is 17.3 Å². The number of amides is 1. The van der Waals surface area contributed by atoms with Gasteiger partial charge in [-0.3, -0.25) is 4.79 Å². The lowest BCUT2D eigenvalue weighted by Crippen LogP contribution is -2.30. The maximum absolute atomic E-state index is 13.0. The number of nitrogens with zero attached hydrogens (tertiary/aromatic N) is 2. The zero-order valence-corrected chi connectivity index (χ0v) is 15.6. The molecule has 3 aromatic rings. The van der Waals surface area contributed by atoms with Gasteiger partial charge in [-0.1, -0.05) is 28.9 Å². The van der Waals surface area contributed by atoms with E-state index in [4.69, 9.17) is 20.9 Å². The van der Waals surface area contributed by atoms with E-state index in [-0.39, 0.29) is 17.7 Å². The van der Waals surface area contributed by atoms with Crippen LogP contribution in [0, 0.1) is 0 Å². The van der Waals surface area contributed by atoms with Gasteiger partial charge in [0.2, 0.25) is 5.76 Å². The van der Waals surface area contributed by atoms with E-state index < -0.39 is 0 Å². The summed E-state index contributed by atoms with van der Waals surface area (Å²) in [5.74, 6) is 0.878. The van der Waals surface area contributed by atoms with E-state index >= 15 is 0 Å². The first-order valence-corrected chi connectivity index (χ1v) is 9.21. The Morgan fingerprint density at radius 3 is 2.63 bits per heavy atom. The molecule has 0 bridgehead atoms. The fourth-order valence-electron chi connectivity index (χ4n) is 3.46. The molecule has 6 heteroatoms. The van der Waals surface area contributed by atoms with Crippen molar-refractivity contribution < 1.29 is 14.1 Å². The van der Waals surface area contributed by atoms with Crippen LogP contribution in [0.2, 0.25) is 5.02 Å². The molecule has 27 heavy (non-hydrogen) atoms. The number of rotatable bonds is 4. The van der Waals surface area contributed by atoms with Crippen LogP contribution in [0.1, 0.15) is 35.0 Å². The molecule has 0 unspecified atom stereocenters. The van der Waals surface area contributed by atoms with E-state index in [0.717, 1.165) is 29.7 Å². The van der Waals surface area contributed by atoms with Gasteiger partial charge in [0.15, 0.2) is 0 Å². The zero-order valence-electron chi connectivity index (χ0n) is 14.9. The molecule has 1 saturated heterocycles. The van der Waals surface area contributed by atoms with Gasteiger partial charge in [-0.05, 0) is 54.8 Å². The molecule has 0 spiro atoms. The highest BCUT2D eigenvalue weighted by Gasteiger charge is 2.32. The van der Waals surface area contributed by atoms with Crippen molar-refractivity contribution in [1.29, 1.82) is 0 Å². The minimum Gasteiger partial charge on any atom is -0.497 e. The van der Waals surface area contributed by atoms with Crippen LogP contribution in [0.4, 0.5) is 0 Å². The van der Waals surface area contributed by atoms with Gasteiger partial charge in [-0.15, -0.1) is 0 Å². The second-order valence-corrected chi connectivity index (χ2v) is 6.95. The van der Waals surface area contributed by atoms with Crippen LogP contribution in [-0.4, -0.2) is 29.6 Å². The van der Waals surface area contributed by atoms with E-state index in [1.54, 1.807) is 13.2 Å².